The summed E-state index contributed by atoms with van der Waals surface area (Å²) in [5.74, 6) is -0.853. The fourth-order valence-electron chi connectivity index (χ4n) is 3.84. The summed E-state index contributed by atoms with van der Waals surface area (Å²) >= 11 is 1.24. The van der Waals surface area contributed by atoms with Gasteiger partial charge in [-0.25, -0.2) is 4.79 Å². The van der Waals surface area contributed by atoms with Crippen molar-refractivity contribution in [2.45, 2.75) is 11.3 Å². The van der Waals surface area contributed by atoms with Crippen molar-refractivity contribution >= 4 is 29.4 Å². The van der Waals surface area contributed by atoms with Crippen molar-refractivity contribution in [2.24, 2.45) is 0 Å². The van der Waals surface area contributed by atoms with E-state index in [-0.39, 0.29) is 24.1 Å². The number of amides is 1. The summed E-state index contributed by atoms with van der Waals surface area (Å²) in [5.41, 5.74) is 5.47. The minimum Gasteiger partial charge on any atom is -0.454 e. The highest BCUT2D eigenvalue weighted by atomic mass is 32.2. The van der Waals surface area contributed by atoms with Crippen LogP contribution < -0.4 is 5.32 Å². The Bertz CT molecular complexity index is 1220. The van der Waals surface area contributed by atoms with Gasteiger partial charge in [0.05, 0.1) is 17.9 Å². The number of fused-ring (bicyclic) bond motifs is 3. The van der Waals surface area contributed by atoms with Gasteiger partial charge in [0.15, 0.2) is 12.4 Å². The molecule has 0 unspecified atom stereocenters. The number of rotatable bonds is 10. The van der Waals surface area contributed by atoms with E-state index in [0.29, 0.717) is 29.2 Å². The fourth-order valence-corrected chi connectivity index (χ4v) is 4.71. The predicted octanol–water partition coefficient (Wildman–Crippen LogP) is 4.15. The highest BCUT2D eigenvalue weighted by Crippen LogP contribution is 2.36. The fraction of sp³-hybridized carbons (Fsp3) is 0.222. The van der Waals surface area contributed by atoms with E-state index >= 15 is 0 Å². The number of carbonyl (C=O) groups is 3. The van der Waals surface area contributed by atoms with Crippen molar-refractivity contribution in [2.75, 3.05) is 32.6 Å². The van der Waals surface area contributed by atoms with E-state index in [4.69, 9.17) is 9.47 Å². The summed E-state index contributed by atoms with van der Waals surface area (Å²) in [6.07, 6.45) is 0.855. The first-order valence-corrected chi connectivity index (χ1v) is 11.9. The normalized spacial score (nSPS) is 11.4. The third-order valence-corrected chi connectivity index (χ3v) is 6.62. The number of thioether (sulfide) groups is 1. The van der Waals surface area contributed by atoms with Gasteiger partial charge in [-0.1, -0.05) is 48.5 Å². The molecule has 174 valence electrons. The highest BCUT2D eigenvalue weighted by Gasteiger charge is 2.21. The number of nitrogens with one attached hydrogen (secondary N) is 1. The van der Waals surface area contributed by atoms with Crippen LogP contribution in [0.4, 0.5) is 0 Å². The van der Waals surface area contributed by atoms with E-state index in [1.54, 1.807) is 37.4 Å². The molecule has 0 aliphatic heterocycles. The molecule has 1 aliphatic rings. The monoisotopic (exact) mass is 475 g/mol. The molecule has 3 aromatic carbocycles. The number of hydrogen-bond donors (Lipinski definition) is 1. The lowest BCUT2D eigenvalue weighted by Crippen LogP contribution is -2.28. The van der Waals surface area contributed by atoms with Gasteiger partial charge in [-0.15, -0.1) is 11.8 Å². The lowest BCUT2D eigenvalue weighted by atomic mass is 10.0. The standard InChI is InChI=1S/C27H25NO5S/c1-32-13-12-28-26(30)17-34-25-9-5-4-8-22(25)27(31)33-16-24(29)20-11-10-19-14-18-6-2-3-7-21(18)23(19)15-20/h2-11,15H,12-14,16-17H2,1H3,(H,28,30). The van der Waals surface area contributed by atoms with Crippen LogP contribution in [0.1, 0.15) is 31.8 Å². The molecule has 34 heavy (non-hydrogen) atoms. The zero-order valence-corrected chi connectivity index (χ0v) is 19.7. The Balaban J connectivity index is 1.37. The molecule has 0 saturated carbocycles. The summed E-state index contributed by atoms with van der Waals surface area (Å²) in [7, 11) is 1.57. The molecular weight excluding hydrogens is 450 g/mol. The molecule has 0 fully saturated rings. The molecule has 1 aliphatic carbocycles. The van der Waals surface area contributed by atoms with Gasteiger partial charge in [-0.05, 0) is 46.9 Å². The number of esters is 1. The molecule has 0 atom stereocenters. The minimum absolute atomic E-state index is 0.154. The van der Waals surface area contributed by atoms with Crippen LogP contribution in [0.25, 0.3) is 11.1 Å². The van der Waals surface area contributed by atoms with Crippen molar-refractivity contribution in [3.05, 3.63) is 89.0 Å². The van der Waals surface area contributed by atoms with Crippen LogP contribution >= 0.6 is 11.8 Å². The topological polar surface area (TPSA) is 81.7 Å². The molecule has 7 heteroatoms. The van der Waals surface area contributed by atoms with Gasteiger partial charge in [0.25, 0.3) is 0 Å². The quantitative estimate of drug-likeness (QED) is 0.161. The van der Waals surface area contributed by atoms with Gasteiger partial charge in [-0.2, -0.15) is 0 Å². The Morgan fingerprint density at radius 1 is 0.941 bits per heavy atom. The zero-order chi connectivity index (χ0) is 23.9. The predicted molar refractivity (Wildman–Crippen MR) is 131 cm³/mol. The second kappa shape index (κ2) is 11.1. The maximum atomic E-state index is 12.8. The lowest BCUT2D eigenvalue weighted by Gasteiger charge is -2.10. The zero-order valence-electron chi connectivity index (χ0n) is 18.8. The summed E-state index contributed by atoms with van der Waals surface area (Å²) in [6, 6.07) is 20.7. The van der Waals surface area contributed by atoms with Gasteiger partial charge < -0.3 is 14.8 Å². The van der Waals surface area contributed by atoms with Crippen LogP contribution in [0, 0.1) is 0 Å². The Morgan fingerprint density at radius 2 is 1.71 bits per heavy atom. The molecular formula is C27H25NO5S. The summed E-state index contributed by atoms with van der Waals surface area (Å²) in [4.78, 5) is 38.0. The number of ketones is 1. The van der Waals surface area contributed by atoms with E-state index in [0.717, 1.165) is 17.5 Å². The minimum atomic E-state index is -0.595. The number of ether oxygens (including phenoxy) is 2. The molecule has 4 rings (SSSR count). The van der Waals surface area contributed by atoms with Gasteiger partial charge >= 0.3 is 5.97 Å². The maximum absolute atomic E-state index is 12.8. The molecule has 0 aromatic heterocycles. The number of Topliss-reactive ketones (excluding diaryl/α,β-unsaturated/α-hetero) is 1. The van der Waals surface area contributed by atoms with Crippen LogP contribution in [0.3, 0.4) is 0 Å². The van der Waals surface area contributed by atoms with Crippen molar-refractivity contribution in [3.8, 4) is 11.1 Å². The Morgan fingerprint density at radius 3 is 2.56 bits per heavy atom. The van der Waals surface area contributed by atoms with Gasteiger partial charge in [0, 0.05) is 24.1 Å². The molecule has 1 amide bonds. The SMILES string of the molecule is COCCNC(=O)CSc1ccccc1C(=O)OCC(=O)c1ccc2c(c1)-c1ccccc1C2. The van der Waals surface area contributed by atoms with Gasteiger partial charge in [-0.3, -0.25) is 9.59 Å². The maximum Gasteiger partial charge on any atom is 0.339 e. The van der Waals surface area contributed by atoms with Crippen LogP contribution in [0.15, 0.2) is 71.6 Å². The Kier molecular flexibility index (Phi) is 7.77. The van der Waals surface area contributed by atoms with Crippen LogP contribution in [0.2, 0.25) is 0 Å². The molecule has 6 nitrogen and oxygen atoms in total. The molecule has 0 saturated heterocycles. The van der Waals surface area contributed by atoms with Gasteiger partial charge in [0.2, 0.25) is 5.91 Å². The number of hydrogen-bond acceptors (Lipinski definition) is 6. The van der Waals surface area contributed by atoms with Crippen molar-refractivity contribution < 1.29 is 23.9 Å². The average Bonchev–Trinajstić information content (AvgIpc) is 3.24. The summed E-state index contributed by atoms with van der Waals surface area (Å²) in [6.45, 7) is 0.510. The number of carbonyl (C=O) groups excluding carboxylic acids is 3. The van der Waals surface area contributed by atoms with E-state index in [2.05, 4.69) is 17.4 Å². The average molecular weight is 476 g/mol. The molecule has 0 radical (unpaired) electrons. The van der Waals surface area contributed by atoms with Crippen LogP contribution in [-0.2, 0) is 20.7 Å². The van der Waals surface area contributed by atoms with Gasteiger partial charge in [0.1, 0.15) is 0 Å². The lowest BCUT2D eigenvalue weighted by molar-refractivity contribution is -0.118. The molecule has 0 spiro atoms. The highest BCUT2D eigenvalue weighted by molar-refractivity contribution is 8.00. The van der Waals surface area contributed by atoms with E-state index in [1.807, 2.05) is 24.3 Å². The molecule has 0 bridgehead atoms. The summed E-state index contributed by atoms with van der Waals surface area (Å²) in [5, 5.41) is 2.74. The third kappa shape index (κ3) is 5.55. The number of methoxy groups -OCH3 is 1. The molecule has 1 N–H and O–H groups in total. The Hall–Kier alpha value is -3.42. The second-order valence-electron chi connectivity index (χ2n) is 7.83. The van der Waals surface area contributed by atoms with E-state index in [1.165, 1.54) is 22.9 Å². The van der Waals surface area contributed by atoms with Crippen LogP contribution in [0.5, 0.6) is 0 Å². The van der Waals surface area contributed by atoms with Crippen molar-refractivity contribution in [3.63, 3.8) is 0 Å². The molecule has 0 heterocycles. The summed E-state index contributed by atoms with van der Waals surface area (Å²) < 4.78 is 10.3. The second-order valence-corrected chi connectivity index (χ2v) is 8.85. The first kappa shape index (κ1) is 23.7. The van der Waals surface area contributed by atoms with Crippen molar-refractivity contribution in [1.29, 1.82) is 0 Å². The first-order valence-electron chi connectivity index (χ1n) is 11.0. The van der Waals surface area contributed by atoms with E-state index < -0.39 is 5.97 Å². The smallest absolute Gasteiger partial charge is 0.339 e. The van der Waals surface area contributed by atoms with Crippen molar-refractivity contribution in [1.82, 2.24) is 5.32 Å². The molecule has 3 aromatic rings. The number of benzene rings is 3. The largest absolute Gasteiger partial charge is 0.454 e. The van der Waals surface area contributed by atoms with E-state index in [9.17, 15) is 14.4 Å². The first-order chi connectivity index (χ1) is 16.6. The third-order valence-electron chi connectivity index (χ3n) is 5.55. The Labute approximate surface area is 202 Å². The van der Waals surface area contributed by atoms with Crippen LogP contribution in [-0.4, -0.2) is 50.3 Å².